The molecule has 0 atom stereocenters. The van der Waals surface area contributed by atoms with Crippen LogP contribution in [-0.2, 0) is 6.54 Å². The predicted molar refractivity (Wildman–Crippen MR) is 62.1 cm³/mol. The highest BCUT2D eigenvalue weighted by Gasteiger charge is 2.24. The van der Waals surface area contributed by atoms with Crippen LogP contribution >= 0.6 is 0 Å². The lowest BCUT2D eigenvalue weighted by Crippen LogP contribution is -2.05. The fourth-order valence-electron chi connectivity index (χ4n) is 1.60. The van der Waals surface area contributed by atoms with Gasteiger partial charge in [-0.1, -0.05) is 26.0 Å². The smallest absolute Gasteiger partial charge is 0.124 e. The van der Waals surface area contributed by atoms with Gasteiger partial charge in [-0.25, -0.2) is 0 Å². The minimum atomic E-state index is 0.445. The number of nitrogens with two attached hydrogens (primary N) is 1. The van der Waals surface area contributed by atoms with Crippen molar-refractivity contribution in [3.8, 4) is 5.75 Å². The van der Waals surface area contributed by atoms with Gasteiger partial charge in [0.2, 0.25) is 0 Å². The number of rotatable bonds is 4. The Balaban J connectivity index is 2.21. The first-order valence-electron chi connectivity index (χ1n) is 5.70. The van der Waals surface area contributed by atoms with Crippen LogP contribution in [0.15, 0.2) is 18.2 Å². The summed E-state index contributed by atoms with van der Waals surface area (Å²) in [6, 6.07) is 6.37. The van der Waals surface area contributed by atoms with Crippen molar-refractivity contribution in [2.24, 2.45) is 5.73 Å². The number of hydrogen-bond donors (Lipinski definition) is 1. The molecule has 0 unspecified atom stereocenters. The van der Waals surface area contributed by atoms with Crippen molar-refractivity contribution in [3.63, 3.8) is 0 Å². The maximum Gasteiger partial charge on any atom is 0.124 e. The average Bonchev–Trinajstić information content (AvgIpc) is 3.02. The molecule has 0 spiro atoms. The molecule has 1 aromatic carbocycles. The Morgan fingerprint density at radius 3 is 2.67 bits per heavy atom. The zero-order chi connectivity index (χ0) is 10.8. The summed E-state index contributed by atoms with van der Waals surface area (Å²) in [6.45, 7) is 4.94. The highest BCUT2D eigenvalue weighted by Crippen LogP contribution is 2.30. The highest BCUT2D eigenvalue weighted by molar-refractivity contribution is 5.38. The summed E-state index contributed by atoms with van der Waals surface area (Å²) in [5.41, 5.74) is 8.20. The molecule has 0 radical (unpaired) electrons. The maximum atomic E-state index is 5.80. The molecule has 0 aromatic heterocycles. The largest absolute Gasteiger partial charge is 0.490 e. The van der Waals surface area contributed by atoms with E-state index in [2.05, 4.69) is 32.0 Å². The summed E-state index contributed by atoms with van der Waals surface area (Å²) in [7, 11) is 0. The Morgan fingerprint density at radius 2 is 2.13 bits per heavy atom. The molecule has 2 N–H and O–H groups in total. The van der Waals surface area contributed by atoms with Crippen LogP contribution in [0.1, 0.15) is 43.7 Å². The third-order valence-corrected chi connectivity index (χ3v) is 2.79. The summed E-state index contributed by atoms with van der Waals surface area (Å²) in [5, 5.41) is 0. The number of ether oxygens (including phenoxy) is 1. The van der Waals surface area contributed by atoms with Crippen molar-refractivity contribution in [1.82, 2.24) is 0 Å². The monoisotopic (exact) mass is 205 g/mol. The highest BCUT2D eigenvalue weighted by atomic mass is 16.5. The van der Waals surface area contributed by atoms with Crippen LogP contribution in [0.3, 0.4) is 0 Å². The SMILES string of the molecule is CC(C)c1ccc(OC2CC2)c(CN)c1. The van der Waals surface area contributed by atoms with Crippen LogP contribution in [0.2, 0.25) is 0 Å². The van der Waals surface area contributed by atoms with Gasteiger partial charge >= 0.3 is 0 Å². The second-order valence-electron chi connectivity index (χ2n) is 4.54. The standard InChI is InChI=1S/C13H19NO/c1-9(2)10-3-6-13(11(7-10)8-14)15-12-4-5-12/h3,6-7,9,12H,4-5,8,14H2,1-2H3. The first-order chi connectivity index (χ1) is 7.20. The van der Waals surface area contributed by atoms with Gasteiger partial charge in [-0.2, -0.15) is 0 Å². The normalized spacial score (nSPS) is 15.7. The van der Waals surface area contributed by atoms with E-state index in [1.54, 1.807) is 0 Å². The van der Waals surface area contributed by atoms with Crippen molar-refractivity contribution in [2.75, 3.05) is 0 Å². The second kappa shape index (κ2) is 4.23. The topological polar surface area (TPSA) is 35.2 Å². The van der Waals surface area contributed by atoms with E-state index in [0.29, 0.717) is 18.6 Å². The van der Waals surface area contributed by atoms with Gasteiger partial charge in [-0.15, -0.1) is 0 Å². The Labute approximate surface area is 91.4 Å². The Bertz CT molecular complexity index is 342. The molecule has 0 bridgehead atoms. The van der Waals surface area contributed by atoms with E-state index >= 15 is 0 Å². The summed E-state index contributed by atoms with van der Waals surface area (Å²) >= 11 is 0. The molecule has 1 aliphatic rings. The van der Waals surface area contributed by atoms with Crippen molar-refractivity contribution in [3.05, 3.63) is 29.3 Å². The minimum Gasteiger partial charge on any atom is -0.490 e. The summed E-state index contributed by atoms with van der Waals surface area (Å²) in [6.07, 6.45) is 2.83. The minimum absolute atomic E-state index is 0.445. The van der Waals surface area contributed by atoms with Gasteiger partial charge < -0.3 is 10.5 Å². The molecule has 1 aliphatic carbocycles. The predicted octanol–water partition coefficient (Wildman–Crippen LogP) is 2.81. The van der Waals surface area contributed by atoms with E-state index < -0.39 is 0 Å². The summed E-state index contributed by atoms with van der Waals surface area (Å²) in [4.78, 5) is 0. The molecule has 2 nitrogen and oxygen atoms in total. The first kappa shape index (κ1) is 10.5. The lowest BCUT2D eigenvalue weighted by molar-refractivity contribution is 0.300. The van der Waals surface area contributed by atoms with E-state index in [-0.39, 0.29) is 0 Å². The van der Waals surface area contributed by atoms with Crippen molar-refractivity contribution < 1.29 is 4.74 Å². The van der Waals surface area contributed by atoms with Crippen LogP contribution in [0, 0.1) is 0 Å². The van der Waals surface area contributed by atoms with Crippen LogP contribution in [0.25, 0.3) is 0 Å². The van der Waals surface area contributed by atoms with Crippen molar-refractivity contribution in [1.29, 1.82) is 0 Å². The van der Waals surface area contributed by atoms with Crippen molar-refractivity contribution in [2.45, 2.75) is 45.3 Å². The zero-order valence-corrected chi connectivity index (χ0v) is 9.49. The van der Waals surface area contributed by atoms with E-state index in [1.807, 2.05) is 0 Å². The van der Waals surface area contributed by atoms with Gasteiger partial charge in [0.15, 0.2) is 0 Å². The molecular formula is C13H19NO. The molecule has 1 aromatic rings. The van der Waals surface area contributed by atoms with Gasteiger partial charge in [0.25, 0.3) is 0 Å². The van der Waals surface area contributed by atoms with Gasteiger partial charge in [0.05, 0.1) is 6.10 Å². The summed E-state index contributed by atoms with van der Waals surface area (Å²) < 4.78 is 5.80. The Kier molecular flexibility index (Phi) is 2.96. The zero-order valence-electron chi connectivity index (χ0n) is 9.49. The quantitative estimate of drug-likeness (QED) is 0.820. The van der Waals surface area contributed by atoms with E-state index in [0.717, 1.165) is 11.3 Å². The van der Waals surface area contributed by atoms with Gasteiger partial charge in [-0.3, -0.25) is 0 Å². The number of benzene rings is 1. The molecule has 0 aliphatic heterocycles. The van der Waals surface area contributed by atoms with Crippen molar-refractivity contribution >= 4 is 0 Å². The van der Waals surface area contributed by atoms with Crippen LogP contribution in [0.5, 0.6) is 5.75 Å². The molecule has 0 heterocycles. The first-order valence-corrected chi connectivity index (χ1v) is 5.70. The third kappa shape index (κ3) is 2.51. The molecule has 0 amide bonds. The van der Waals surface area contributed by atoms with E-state index in [9.17, 15) is 0 Å². The van der Waals surface area contributed by atoms with Crippen LogP contribution < -0.4 is 10.5 Å². The Hall–Kier alpha value is -1.02. The van der Waals surface area contributed by atoms with Crippen LogP contribution in [0.4, 0.5) is 0 Å². The number of hydrogen-bond acceptors (Lipinski definition) is 2. The van der Waals surface area contributed by atoms with Gasteiger partial charge in [-0.05, 0) is 30.4 Å². The third-order valence-electron chi connectivity index (χ3n) is 2.79. The maximum absolute atomic E-state index is 5.80. The molecule has 2 heteroatoms. The lowest BCUT2D eigenvalue weighted by Gasteiger charge is -2.13. The molecule has 2 rings (SSSR count). The fourth-order valence-corrected chi connectivity index (χ4v) is 1.60. The second-order valence-corrected chi connectivity index (χ2v) is 4.54. The molecule has 82 valence electrons. The van der Waals surface area contributed by atoms with E-state index in [1.165, 1.54) is 18.4 Å². The molecule has 1 saturated carbocycles. The average molecular weight is 205 g/mol. The van der Waals surface area contributed by atoms with E-state index in [4.69, 9.17) is 10.5 Å². The Morgan fingerprint density at radius 1 is 1.40 bits per heavy atom. The molecule has 15 heavy (non-hydrogen) atoms. The molecule has 1 fully saturated rings. The molecular weight excluding hydrogens is 186 g/mol. The van der Waals surface area contributed by atoms with Gasteiger partial charge in [0.1, 0.15) is 5.75 Å². The van der Waals surface area contributed by atoms with Gasteiger partial charge in [0, 0.05) is 12.1 Å². The van der Waals surface area contributed by atoms with Crippen LogP contribution in [-0.4, -0.2) is 6.10 Å². The molecule has 0 saturated heterocycles. The lowest BCUT2D eigenvalue weighted by atomic mass is 10.0. The fraction of sp³-hybridized carbons (Fsp3) is 0.538. The summed E-state index contributed by atoms with van der Waals surface area (Å²) in [5.74, 6) is 1.52.